The number of allylic oxidation sites excluding steroid dienone is 1. The number of thiophene rings is 1. The van der Waals surface area contributed by atoms with E-state index in [2.05, 4.69) is 115 Å². The average Bonchev–Trinajstić information content (AvgIpc) is 3.50. The van der Waals surface area contributed by atoms with Crippen LogP contribution in [-0.4, -0.2) is 19.0 Å². The molecule has 0 atom stereocenters. The van der Waals surface area contributed by atoms with Gasteiger partial charge in [-0.1, -0.05) is 0 Å². The Balaban J connectivity index is 1.82. The van der Waals surface area contributed by atoms with E-state index in [4.69, 9.17) is 0 Å². The zero-order chi connectivity index (χ0) is 23.0. The fourth-order valence-electron chi connectivity index (χ4n) is 5.28. The van der Waals surface area contributed by atoms with Gasteiger partial charge in [0.25, 0.3) is 0 Å². The second kappa shape index (κ2) is 8.71. The molecule has 1 heterocycles. The summed E-state index contributed by atoms with van der Waals surface area (Å²) in [6.45, 7) is 0. The Morgan fingerprint density at radius 3 is 1.44 bits per heavy atom. The van der Waals surface area contributed by atoms with Gasteiger partial charge in [0.1, 0.15) is 0 Å². The second-order valence-corrected chi connectivity index (χ2v) is 17.2. The van der Waals surface area contributed by atoms with Crippen molar-refractivity contribution in [2.24, 2.45) is 0 Å². The molecule has 0 spiro atoms. The van der Waals surface area contributed by atoms with Gasteiger partial charge in [-0.25, -0.2) is 0 Å². The first-order chi connectivity index (χ1) is 16.8. The molecule has 0 fully saturated rings. The zero-order valence-electron chi connectivity index (χ0n) is 18.5. The minimum absolute atomic E-state index is 0.187. The van der Waals surface area contributed by atoms with Crippen molar-refractivity contribution < 1.29 is 4.79 Å². The summed E-state index contributed by atoms with van der Waals surface area (Å²) in [6, 6.07) is 44.7. The molecule has 1 aliphatic carbocycles. The number of hydrogen-bond donors (Lipinski definition) is 0. The van der Waals surface area contributed by atoms with Crippen molar-refractivity contribution >= 4 is 49.1 Å². The van der Waals surface area contributed by atoms with Crippen molar-refractivity contribution in [1.82, 2.24) is 0 Å². The molecule has 4 aromatic carbocycles. The van der Waals surface area contributed by atoms with Crippen LogP contribution in [0.4, 0.5) is 0 Å². The predicted octanol–water partition coefficient (Wildman–Crippen LogP) is 5.46. The molecule has 0 saturated heterocycles. The number of carbonyl (C=O) groups is 1. The molecule has 1 aliphatic rings. The number of fused-ring (bicyclic) bond motifs is 1. The summed E-state index contributed by atoms with van der Waals surface area (Å²) in [7, 11) is 0. The topological polar surface area (TPSA) is 17.1 Å². The number of carbonyl (C=O) groups excluding carboxylic acids is 1. The number of benzene rings is 4. The van der Waals surface area contributed by atoms with Crippen LogP contribution in [0, 0.1) is 0 Å². The van der Waals surface area contributed by atoms with Gasteiger partial charge in [-0.3, -0.25) is 0 Å². The van der Waals surface area contributed by atoms with Gasteiger partial charge >= 0.3 is 207 Å². The van der Waals surface area contributed by atoms with E-state index in [-0.39, 0.29) is 5.78 Å². The third-order valence-electron chi connectivity index (χ3n) is 6.67. The van der Waals surface area contributed by atoms with Gasteiger partial charge in [-0.05, 0) is 0 Å². The quantitative estimate of drug-likeness (QED) is 0.285. The summed E-state index contributed by atoms with van der Waals surface area (Å²) in [4.78, 5) is 15.5. The van der Waals surface area contributed by atoms with Crippen LogP contribution < -0.4 is 13.2 Å². The minimum atomic E-state index is -3.68. The number of hydrogen-bond acceptors (Lipinski definition) is 2. The van der Waals surface area contributed by atoms with Crippen molar-refractivity contribution in [2.75, 3.05) is 0 Å². The molecule has 1 aromatic heterocycles. The van der Waals surface area contributed by atoms with Crippen molar-refractivity contribution in [2.45, 2.75) is 0 Å². The average molecular weight is 515 g/mol. The molecular formula is C31H22GeOS. The monoisotopic (exact) mass is 516 g/mol. The van der Waals surface area contributed by atoms with Crippen LogP contribution in [-0.2, 0) is 0 Å². The van der Waals surface area contributed by atoms with Gasteiger partial charge in [0.2, 0.25) is 0 Å². The zero-order valence-corrected chi connectivity index (χ0v) is 21.4. The first-order valence-corrected chi connectivity index (χ1v) is 16.5. The Morgan fingerprint density at radius 1 is 0.529 bits per heavy atom. The maximum absolute atomic E-state index is 14.4. The molecule has 5 aromatic rings. The van der Waals surface area contributed by atoms with E-state index in [1.807, 2.05) is 17.5 Å². The molecule has 6 rings (SSSR count). The fourth-order valence-corrected chi connectivity index (χ4v) is 17.1. The van der Waals surface area contributed by atoms with Gasteiger partial charge in [-0.2, -0.15) is 0 Å². The molecule has 0 unspecified atom stereocenters. The Hall–Kier alpha value is -3.47. The molecule has 0 radical (unpaired) electrons. The van der Waals surface area contributed by atoms with E-state index >= 15 is 0 Å². The van der Waals surface area contributed by atoms with Crippen LogP contribution in [0.3, 0.4) is 0 Å². The second-order valence-electron chi connectivity index (χ2n) is 8.46. The van der Waals surface area contributed by atoms with Crippen molar-refractivity contribution in [3.8, 4) is 0 Å². The number of rotatable bonds is 5. The maximum atomic E-state index is 14.4. The standard InChI is InChI=1S/C31H22GeOS/c33-30-27-21-22-34-31(27)28(23-13-5-1-6-14-23)29(30)32(24-15-7-2-8-16-24,25-17-9-3-10-18-25)26-19-11-4-12-20-26/h1-22H. The fraction of sp³-hybridized carbons (Fsp3) is 0. The molecule has 0 aliphatic heterocycles. The summed E-state index contributed by atoms with van der Waals surface area (Å²) >= 11 is -2.01. The third-order valence-corrected chi connectivity index (χ3v) is 17.7. The molecular weight excluding hydrogens is 493 g/mol. The molecule has 0 amide bonds. The van der Waals surface area contributed by atoms with Crippen LogP contribution in [0.15, 0.2) is 137 Å². The molecule has 1 nitrogen and oxygen atoms in total. The van der Waals surface area contributed by atoms with Crippen LogP contribution >= 0.6 is 11.3 Å². The molecule has 0 N–H and O–H groups in total. The van der Waals surface area contributed by atoms with Crippen LogP contribution in [0.2, 0.25) is 0 Å². The summed E-state index contributed by atoms with van der Waals surface area (Å²) in [5.41, 5.74) is 3.08. The van der Waals surface area contributed by atoms with E-state index < -0.39 is 13.3 Å². The SMILES string of the molecule is O=C1[C]([Ge]([c]2ccccc2)([c]2ccccc2)[c]2ccccc2)=C(c2ccccc2)c2sccc21. The Labute approximate surface area is 206 Å². The van der Waals surface area contributed by atoms with Gasteiger partial charge < -0.3 is 0 Å². The van der Waals surface area contributed by atoms with Crippen molar-refractivity contribution in [3.05, 3.63) is 153 Å². The van der Waals surface area contributed by atoms with Gasteiger partial charge in [0.05, 0.1) is 0 Å². The number of ketones is 1. The Morgan fingerprint density at radius 2 is 0.971 bits per heavy atom. The van der Waals surface area contributed by atoms with Crippen LogP contribution in [0.1, 0.15) is 20.8 Å². The van der Waals surface area contributed by atoms with E-state index in [0.717, 1.165) is 26.0 Å². The molecule has 0 bridgehead atoms. The van der Waals surface area contributed by atoms with Crippen molar-refractivity contribution in [3.63, 3.8) is 0 Å². The Bertz CT molecular complexity index is 1390. The summed E-state index contributed by atoms with van der Waals surface area (Å²) in [6.07, 6.45) is 0. The van der Waals surface area contributed by atoms with E-state index in [0.29, 0.717) is 0 Å². The number of Topliss-reactive ketones (excluding diaryl/α,β-unsaturated/α-hetero) is 1. The molecule has 162 valence electrons. The molecule has 34 heavy (non-hydrogen) atoms. The first-order valence-electron chi connectivity index (χ1n) is 11.4. The van der Waals surface area contributed by atoms with E-state index in [1.165, 1.54) is 13.2 Å². The van der Waals surface area contributed by atoms with Crippen molar-refractivity contribution in [1.29, 1.82) is 0 Å². The first kappa shape index (κ1) is 21.1. The van der Waals surface area contributed by atoms with Crippen LogP contribution in [0.25, 0.3) is 5.57 Å². The normalized spacial score (nSPS) is 13.2. The van der Waals surface area contributed by atoms with E-state index in [1.54, 1.807) is 11.3 Å². The summed E-state index contributed by atoms with van der Waals surface area (Å²) in [5.74, 6) is 0.187. The van der Waals surface area contributed by atoms with Gasteiger partial charge in [0.15, 0.2) is 0 Å². The van der Waals surface area contributed by atoms with Gasteiger partial charge in [-0.15, -0.1) is 0 Å². The van der Waals surface area contributed by atoms with Crippen LogP contribution in [0.5, 0.6) is 0 Å². The third kappa shape index (κ3) is 3.18. The molecule has 3 heteroatoms. The summed E-state index contributed by atoms with van der Waals surface area (Å²) in [5, 5.41) is 2.05. The Kier molecular flexibility index (Phi) is 5.40. The predicted molar refractivity (Wildman–Crippen MR) is 145 cm³/mol. The summed E-state index contributed by atoms with van der Waals surface area (Å²) < 4.78 is 4.82. The van der Waals surface area contributed by atoms with E-state index in [9.17, 15) is 4.79 Å². The molecule has 0 saturated carbocycles. The van der Waals surface area contributed by atoms with Gasteiger partial charge in [0, 0.05) is 0 Å².